The molecule has 0 saturated carbocycles. The minimum Gasteiger partial charge on any atom is -0.503 e. The fourth-order valence-corrected chi connectivity index (χ4v) is 2.18. The molecule has 0 unspecified atom stereocenters. The van der Waals surface area contributed by atoms with Gasteiger partial charge < -0.3 is 9.84 Å². The van der Waals surface area contributed by atoms with Gasteiger partial charge in [0.05, 0.1) is 18.7 Å². The van der Waals surface area contributed by atoms with E-state index in [9.17, 15) is 15.6 Å². The summed E-state index contributed by atoms with van der Waals surface area (Å²) in [4.78, 5) is 0. The van der Waals surface area contributed by atoms with E-state index in [1.54, 1.807) is 12.1 Å². The van der Waals surface area contributed by atoms with E-state index < -0.39 is 0 Å². The number of nitrogens with zero attached hydrogens (tertiary/aromatic N) is 2. The van der Waals surface area contributed by atoms with Crippen molar-refractivity contribution < 1.29 is 9.84 Å². The maximum atomic E-state index is 10.0. The van der Waals surface area contributed by atoms with Crippen LogP contribution in [0.15, 0.2) is 30.3 Å². The van der Waals surface area contributed by atoms with Crippen molar-refractivity contribution in [3.8, 4) is 23.6 Å². The third kappa shape index (κ3) is 2.91. The zero-order valence-corrected chi connectivity index (χ0v) is 12.0. The number of ether oxygens (including phenoxy) is 1. The molecule has 2 aromatic rings. The van der Waals surface area contributed by atoms with Gasteiger partial charge >= 0.3 is 0 Å². The average molecular weight is 299 g/mol. The molecule has 104 valence electrons. The highest BCUT2D eigenvalue weighted by molar-refractivity contribution is 6.30. The van der Waals surface area contributed by atoms with Crippen LogP contribution in [-0.2, 0) is 6.42 Å². The molecule has 5 heteroatoms. The summed E-state index contributed by atoms with van der Waals surface area (Å²) in [6.45, 7) is 0. The Morgan fingerprint density at radius 1 is 1.19 bits per heavy atom. The lowest BCUT2D eigenvalue weighted by Crippen LogP contribution is -1.99. The molecule has 1 N–H and O–H groups in total. The number of halogens is 1. The summed E-state index contributed by atoms with van der Waals surface area (Å²) in [6.07, 6.45) is 0.348. The third-order valence-corrected chi connectivity index (χ3v) is 3.37. The monoisotopic (exact) mass is 298 g/mol. The predicted octanol–water partition coefficient (Wildman–Crippen LogP) is 3.39. The van der Waals surface area contributed by atoms with Crippen LogP contribution < -0.4 is 4.74 Å². The first-order valence-electron chi connectivity index (χ1n) is 6.08. The molecule has 0 radical (unpaired) electrons. The summed E-state index contributed by atoms with van der Waals surface area (Å²) in [7, 11) is 1.37. The van der Waals surface area contributed by atoms with Gasteiger partial charge in [-0.2, -0.15) is 10.5 Å². The second-order valence-corrected chi connectivity index (χ2v) is 4.79. The van der Waals surface area contributed by atoms with E-state index in [0.29, 0.717) is 22.6 Å². The van der Waals surface area contributed by atoms with Crippen molar-refractivity contribution in [1.29, 1.82) is 10.5 Å². The lowest BCUT2D eigenvalue weighted by Gasteiger charge is -2.12. The highest BCUT2D eigenvalue weighted by Crippen LogP contribution is 2.35. The molecule has 0 fully saturated rings. The van der Waals surface area contributed by atoms with Crippen LogP contribution in [-0.4, -0.2) is 12.2 Å². The van der Waals surface area contributed by atoms with Crippen LogP contribution in [0.2, 0.25) is 5.02 Å². The van der Waals surface area contributed by atoms with Gasteiger partial charge in [-0.05, 0) is 23.3 Å². The molecule has 0 bridgehead atoms. The minimum atomic E-state index is -0.247. The zero-order valence-electron chi connectivity index (χ0n) is 11.2. The molecular weight excluding hydrogens is 288 g/mol. The molecular formula is C16H11ClN2O2. The smallest absolute Gasteiger partial charge is 0.176 e. The SMILES string of the molecule is COc1cc(C#N)c(Cc2ccc(Cl)cc2)c(C#N)c1O. The molecule has 0 aliphatic rings. The minimum absolute atomic E-state index is 0.0563. The number of hydrogen-bond acceptors (Lipinski definition) is 4. The number of methoxy groups -OCH3 is 1. The fraction of sp³-hybridized carbons (Fsp3) is 0.125. The molecule has 0 saturated heterocycles. The van der Waals surface area contributed by atoms with Gasteiger partial charge in [-0.3, -0.25) is 0 Å². The van der Waals surface area contributed by atoms with Gasteiger partial charge in [0, 0.05) is 17.5 Å². The maximum Gasteiger partial charge on any atom is 0.176 e. The Morgan fingerprint density at radius 2 is 1.86 bits per heavy atom. The van der Waals surface area contributed by atoms with Gasteiger partial charge in [0.15, 0.2) is 11.5 Å². The predicted molar refractivity (Wildman–Crippen MR) is 78.3 cm³/mol. The molecule has 4 nitrogen and oxygen atoms in total. The third-order valence-electron chi connectivity index (χ3n) is 3.12. The Kier molecular flexibility index (Phi) is 4.33. The number of hydrogen-bond donors (Lipinski definition) is 1. The molecule has 2 aromatic carbocycles. The molecule has 0 aliphatic carbocycles. The van der Waals surface area contributed by atoms with E-state index >= 15 is 0 Å². The molecule has 0 aromatic heterocycles. The molecule has 0 atom stereocenters. The second kappa shape index (κ2) is 6.17. The molecule has 21 heavy (non-hydrogen) atoms. The van der Waals surface area contributed by atoms with E-state index in [2.05, 4.69) is 0 Å². The number of aromatic hydroxyl groups is 1. The summed E-state index contributed by atoms with van der Waals surface area (Å²) in [5.41, 5.74) is 1.72. The van der Waals surface area contributed by atoms with Crippen molar-refractivity contribution in [3.63, 3.8) is 0 Å². The van der Waals surface area contributed by atoms with Crippen molar-refractivity contribution in [2.24, 2.45) is 0 Å². The second-order valence-electron chi connectivity index (χ2n) is 4.36. The Morgan fingerprint density at radius 3 is 2.38 bits per heavy atom. The number of rotatable bonds is 3. The Labute approximate surface area is 127 Å². The normalized spacial score (nSPS) is 9.71. The summed E-state index contributed by atoms with van der Waals surface area (Å²) in [5.74, 6) is -0.133. The van der Waals surface area contributed by atoms with Crippen molar-refractivity contribution in [1.82, 2.24) is 0 Å². The first-order valence-corrected chi connectivity index (χ1v) is 6.46. The van der Waals surface area contributed by atoms with Gasteiger partial charge in [-0.25, -0.2) is 0 Å². The first-order chi connectivity index (χ1) is 10.1. The van der Waals surface area contributed by atoms with Crippen LogP contribution in [0.4, 0.5) is 0 Å². The van der Waals surface area contributed by atoms with E-state index in [1.807, 2.05) is 24.3 Å². The van der Waals surface area contributed by atoms with Gasteiger partial charge in [-0.15, -0.1) is 0 Å². The van der Waals surface area contributed by atoms with Crippen LogP contribution >= 0.6 is 11.6 Å². The number of nitriles is 2. The van der Waals surface area contributed by atoms with E-state index in [4.69, 9.17) is 16.3 Å². The van der Waals surface area contributed by atoms with E-state index in [0.717, 1.165) is 5.56 Å². The summed E-state index contributed by atoms with van der Waals surface area (Å²) in [6, 6.07) is 12.5. The lowest BCUT2D eigenvalue weighted by atomic mass is 9.94. The quantitative estimate of drug-likeness (QED) is 0.942. The first kappa shape index (κ1) is 14.7. The van der Waals surface area contributed by atoms with Crippen molar-refractivity contribution in [2.75, 3.05) is 7.11 Å². The topological polar surface area (TPSA) is 77.0 Å². The Balaban J connectivity index is 2.57. The van der Waals surface area contributed by atoms with E-state index in [-0.39, 0.29) is 17.1 Å². The van der Waals surface area contributed by atoms with Crippen LogP contribution in [0.5, 0.6) is 11.5 Å². The molecule has 2 rings (SSSR count). The molecule has 0 heterocycles. The van der Waals surface area contributed by atoms with Gasteiger partial charge in [-0.1, -0.05) is 23.7 Å². The highest BCUT2D eigenvalue weighted by Gasteiger charge is 2.18. The van der Waals surface area contributed by atoms with Crippen LogP contribution in [0.3, 0.4) is 0 Å². The number of benzene rings is 2. The summed E-state index contributed by atoms with van der Waals surface area (Å²) >= 11 is 5.84. The standard InChI is InChI=1S/C16H11ClN2O2/c1-21-15-7-11(8-18)13(14(9-19)16(15)20)6-10-2-4-12(17)5-3-10/h2-5,7,20H,6H2,1H3. The summed E-state index contributed by atoms with van der Waals surface area (Å²) in [5, 5.41) is 29.2. The van der Waals surface area contributed by atoms with Crippen LogP contribution in [0, 0.1) is 22.7 Å². The van der Waals surface area contributed by atoms with Gasteiger partial charge in [0.1, 0.15) is 11.6 Å². The highest BCUT2D eigenvalue weighted by atomic mass is 35.5. The van der Waals surface area contributed by atoms with Gasteiger partial charge in [0.25, 0.3) is 0 Å². The van der Waals surface area contributed by atoms with Crippen LogP contribution in [0.1, 0.15) is 22.3 Å². The average Bonchev–Trinajstić information content (AvgIpc) is 2.50. The fourth-order valence-electron chi connectivity index (χ4n) is 2.05. The van der Waals surface area contributed by atoms with Crippen molar-refractivity contribution in [3.05, 3.63) is 57.6 Å². The maximum absolute atomic E-state index is 10.0. The van der Waals surface area contributed by atoms with E-state index in [1.165, 1.54) is 13.2 Å². The largest absolute Gasteiger partial charge is 0.503 e. The Hall–Kier alpha value is -2.69. The summed E-state index contributed by atoms with van der Waals surface area (Å²) < 4.78 is 4.98. The molecule has 0 aliphatic heterocycles. The van der Waals surface area contributed by atoms with Crippen molar-refractivity contribution >= 4 is 11.6 Å². The van der Waals surface area contributed by atoms with Gasteiger partial charge in [0.2, 0.25) is 0 Å². The molecule has 0 amide bonds. The molecule has 0 spiro atoms. The number of phenols is 1. The lowest BCUT2D eigenvalue weighted by molar-refractivity contribution is 0.372. The Bertz CT molecular complexity index is 756. The zero-order chi connectivity index (χ0) is 15.4. The number of phenolic OH excluding ortho intramolecular Hbond substituents is 1. The van der Waals surface area contributed by atoms with Crippen molar-refractivity contribution in [2.45, 2.75) is 6.42 Å². The van der Waals surface area contributed by atoms with Crippen LogP contribution in [0.25, 0.3) is 0 Å².